The van der Waals surface area contributed by atoms with Gasteiger partial charge in [-0.2, -0.15) is 4.98 Å². The fourth-order valence-corrected chi connectivity index (χ4v) is 6.09. The topological polar surface area (TPSA) is 82.9 Å². The number of hydrogen-bond acceptors (Lipinski definition) is 7. The van der Waals surface area contributed by atoms with Crippen LogP contribution in [0.4, 0.5) is 29.0 Å². The third kappa shape index (κ3) is 4.15. The van der Waals surface area contributed by atoms with E-state index in [0.29, 0.717) is 24.1 Å². The van der Waals surface area contributed by atoms with Crippen LogP contribution in [0.25, 0.3) is 11.2 Å². The highest BCUT2D eigenvalue weighted by Crippen LogP contribution is 2.36. The number of nitrogens with one attached hydrogen (secondary N) is 3. The molecule has 1 aliphatic carbocycles. The Morgan fingerprint density at radius 3 is 2.25 bits per heavy atom. The van der Waals surface area contributed by atoms with Crippen LogP contribution in [-0.2, 0) is 0 Å². The SMILES string of the molecule is c1ccc(Nc2nc3cnc(Nc4ccc(N5CC6CCC(C5)N6)cc4)nc3n2C2CCCC2)cc1. The molecule has 0 amide bonds. The quantitative estimate of drug-likeness (QED) is 0.342. The Kier molecular flexibility index (Phi) is 5.46. The molecule has 7 rings (SSSR count). The van der Waals surface area contributed by atoms with Crippen LogP contribution in [0.15, 0.2) is 60.8 Å². The number of imidazole rings is 1. The highest BCUT2D eigenvalue weighted by Gasteiger charge is 2.32. The van der Waals surface area contributed by atoms with E-state index in [1.54, 1.807) is 0 Å². The molecule has 2 unspecified atom stereocenters. The van der Waals surface area contributed by atoms with Gasteiger partial charge < -0.3 is 20.9 Å². The summed E-state index contributed by atoms with van der Waals surface area (Å²) >= 11 is 0. The fraction of sp³-hybridized carbons (Fsp3) is 0.393. The first-order chi connectivity index (χ1) is 17.8. The summed E-state index contributed by atoms with van der Waals surface area (Å²) in [7, 11) is 0. The van der Waals surface area contributed by atoms with E-state index in [1.165, 1.54) is 31.4 Å². The Labute approximate surface area is 211 Å². The number of para-hydroxylation sites is 1. The average Bonchev–Trinajstić information content (AvgIpc) is 3.63. The van der Waals surface area contributed by atoms with Crippen LogP contribution in [0.1, 0.15) is 44.6 Å². The minimum Gasteiger partial charge on any atom is -0.368 e. The monoisotopic (exact) mass is 480 g/mol. The first kappa shape index (κ1) is 21.6. The Morgan fingerprint density at radius 2 is 1.50 bits per heavy atom. The van der Waals surface area contributed by atoms with Crippen LogP contribution < -0.4 is 20.9 Å². The number of aromatic nitrogens is 4. The number of piperazine rings is 1. The van der Waals surface area contributed by atoms with Crippen molar-refractivity contribution in [3.63, 3.8) is 0 Å². The summed E-state index contributed by atoms with van der Waals surface area (Å²) in [6.45, 7) is 2.18. The summed E-state index contributed by atoms with van der Waals surface area (Å²) in [4.78, 5) is 16.9. The molecule has 0 radical (unpaired) electrons. The lowest BCUT2D eigenvalue weighted by molar-refractivity contribution is 0.466. The molecule has 2 saturated heterocycles. The maximum atomic E-state index is 4.94. The van der Waals surface area contributed by atoms with Crippen molar-refractivity contribution in [1.82, 2.24) is 24.8 Å². The minimum atomic E-state index is 0.401. The van der Waals surface area contributed by atoms with Gasteiger partial charge in [0, 0.05) is 48.3 Å². The number of nitrogens with zero attached hydrogens (tertiary/aromatic N) is 5. The standard InChI is InChI=1S/C28H32N8/c1-2-6-19(7-3-1)32-28-33-25-16-29-27(34-26(25)36(28)24-8-4-5-9-24)31-20-12-14-23(15-13-20)35-17-21-10-11-22(18-35)30-21/h1-3,6-7,12-16,21-22,24,30H,4-5,8-11,17-18H2,(H,32,33)(H,29,31,34). The molecule has 3 aliphatic rings. The molecule has 2 bridgehead atoms. The lowest BCUT2D eigenvalue weighted by atomic mass is 10.2. The molecule has 4 heterocycles. The van der Waals surface area contributed by atoms with Crippen molar-refractivity contribution in [2.24, 2.45) is 0 Å². The Hall–Kier alpha value is -3.65. The second kappa shape index (κ2) is 9.09. The third-order valence-corrected chi connectivity index (χ3v) is 7.86. The fourth-order valence-electron chi connectivity index (χ4n) is 6.09. The van der Waals surface area contributed by atoms with Crippen LogP contribution in [0.3, 0.4) is 0 Å². The Balaban J connectivity index is 1.15. The second-order valence-electron chi connectivity index (χ2n) is 10.4. The molecular formula is C28H32N8. The predicted octanol–water partition coefficient (Wildman–Crippen LogP) is 5.37. The van der Waals surface area contributed by atoms with E-state index in [9.17, 15) is 0 Å². The van der Waals surface area contributed by atoms with E-state index in [2.05, 4.69) is 66.8 Å². The molecule has 1 saturated carbocycles. The van der Waals surface area contributed by atoms with Crippen molar-refractivity contribution < 1.29 is 0 Å². The third-order valence-electron chi connectivity index (χ3n) is 7.86. The summed E-state index contributed by atoms with van der Waals surface area (Å²) in [6, 6.07) is 20.5. The first-order valence-corrected chi connectivity index (χ1v) is 13.2. The normalized spacial score (nSPS) is 21.8. The Bertz CT molecular complexity index is 1330. The second-order valence-corrected chi connectivity index (χ2v) is 10.4. The molecule has 3 fully saturated rings. The molecule has 8 nitrogen and oxygen atoms in total. The molecule has 2 aliphatic heterocycles. The van der Waals surface area contributed by atoms with Crippen molar-refractivity contribution in [1.29, 1.82) is 0 Å². The van der Waals surface area contributed by atoms with E-state index in [1.807, 2.05) is 24.4 Å². The molecule has 0 spiro atoms. The Morgan fingerprint density at radius 1 is 0.778 bits per heavy atom. The van der Waals surface area contributed by atoms with Gasteiger partial charge in [-0.1, -0.05) is 31.0 Å². The summed E-state index contributed by atoms with van der Waals surface area (Å²) in [5.74, 6) is 1.43. The van der Waals surface area contributed by atoms with Crippen molar-refractivity contribution in [2.45, 2.75) is 56.7 Å². The van der Waals surface area contributed by atoms with Gasteiger partial charge in [0.25, 0.3) is 0 Å². The molecule has 4 aromatic rings. The number of rotatable bonds is 6. The molecule has 2 aromatic carbocycles. The molecular weight excluding hydrogens is 448 g/mol. The molecule has 36 heavy (non-hydrogen) atoms. The number of anilines is 5. The smallest absolute Gasteiger partial charge is 0.229 e. The maximum absolute atomic E-state index is 4.94. The summed E-state index contributed by atoms with van der Waals surface area (Å²) < 4.78 is 2.28. The van der Waals surface area contributed by atoms with Gasteiger partial charge in [0.2, 0.25) is 11.9 Å². The zero-order valence-electron chi connectivity index (χ0n) is 20.4. The van der Waals surface area contributed by atoms with Crippen molar-refractivity contribution >= 4 is 40.1 Å². The first-order valence-electron chi connectivity index (χ1n) is 13.2. The van der Waals surface area contributed by atoms with Gasteiger partial charge in [-0.25, -0.2) is 9.97 Å². The molecule has 2 aromatic heterocycles. The maximum Gasteiger partial charge on any atom is 0.229 e. The van der Waals surface area contributed by atoms with Crippen molar-refractivity contribution in [2.75, 3.05) is 28.6 Å². The molecule has 184 valence electrons. The van der Waals surface area contributed by atoms with Crippen molar-refractivity contribution in [3.05, 3.63) is 60.8 Å². The number of benzene rings is 2. The van der Waals surface area contributed by atoms with E-state index < -0.39 is 0 Å². The molecule has 8 heteroatoms. The van der Waals surface area contributed by atoms with E-state index >= 15 is 0 Å². The summed E-state index contributed by atoms with van der Waals surface area (Å²) in [5, 5.41) is 10.6. The van der Waals surface area contributed by atoms with E-state index in [0.717, 1.165) is 54.4 Å². The van der Waals surface area contributed by atoms with Crippen LogP contribution in [-0.4, -0.2) is 44.7 Å². The molecule has 3 N–H and O–H groups in total. The highest BCUT2D eigenvalue weighted by molar-refractivity contribution is 5.77. The predicted molar refractivity (Wildman–Crippen MR) is 144 cm³/mol. The van der Waals surface area contributed by atoms with E-state index in [4.69, 9.17) is 9.97 Å². The number of hydrogen-bond donors (Lipinski definition) is 3. The number of fused-ring (bicyclic) bond motifs is 3. The lowest BCUT2D eigenvalue weighted by Gasteiger charge is -2.34. The zero-order chi connectivity index (χ0) is 23.9. The van der Waals surface area contributed by atoms with Crippen LogP contribution in [0.5, 0.6) is 0 Å². The van der Waals surface area contributed by atoms with Gasteiger partial charge in [0.15, 0.2) is 5.65 Å². The summed E-state index contributed by atoms with van der Waals surface area (Å²) in [5.41, 5.74) is 4.99. The van der Waals surface area contributed by atoms with Gasteiger partial charge in [0.1, 0.15) is 5.52 Å². The van der Waals surface area contributed by atoms with Crippen LogP contribution in [0, 0.1) is 0 Å². The highest BCUT2D eigenvalue weighted by atomic mass is 15.3. The van der Waals surface area contributed by atoms with Crippen LogP contribution >= 0.6 is 0 Å². The van der Waals surface area contributed by atoms with Gasteiger partial charge in [0.05, 0.1) is 6.20 Å². The zero-order valence-corrected chi connectivity index (χ0v) is 20.4. The van der Waals surface area contributed by atoms with Crippen molar-refractivity contribution in [3.8, 4) is 0 Å². The average molecular weight is 481 g/mol. The van der Waals surface area contributed by atoms with E-state index in [-0.39, 0.29) is 0 Å². The van der Waals surface area contributed by atoms with Gasteiger partial charge in [-0.15, -0.1) is 0 Å². The van der Waals surface area contributed by atoms with Gasteiger partial charge >= 0.3 is 0 Å². The van der Waals surface area contributed by atoms with Gasteiger partial charge in [-0.05, 0) is 62.1 Å². The summed E-state index contributed by atoms with van der Waals surface area (Å²) in [6.07, 6.45) is 9.20. The van der Waals surface area contributed by atoms with Crippen LogP contribution in [0.2, 0.25) is 0 Å². The lowest BCUT2D eigenvalue weighted by Crippen LogP contribution is -2.51. The minimum absolute atomic E-state index is 0.401. The van der Waals surface area contributed by atoms with Gasteiger partial charge in [-0.3, -0.25) is 4.57 Å². The molecule has 2 atom stereocenters. The largest absolute Gasteiger partial charge is 0.368 e.